The van der Waals surface area contributed by atoms with E-state index in [0.29, 0.717) is 34.2 Å². The Morgan fingerprint density at radius 1 is 1.12 bits per heavy atom. The molecule has 1 aliphatic rings. The lowest BCUT2D eigenvalue weighted by Crippen LogP contribution is -2.25. The minimum Gasteiger partial charge on any atom is -0.497 e. The van der Waals surface area contributed by atoms with Crippen molar-refractivity contribution in [2.45, 2.75) is 0 Å². The van der Waals surface area contributed by atoms with Crippen molar-refractivity contribution in [2.75, 3.05) is 26.1 Å². The maximum atomic E-state index is 12.1. The summed E-state index contributed by atoms with van der Waals surface area (Å²) in [6, 6.07) is 10.0. The fourth-order valence-corrected chi connectivity index (χ4v) is 2.40. The Morgan fingerprint density at radius 2 is 1.92 bits per heavy atom. The number of rotatable bonds is 5. The molecule has 0 bridgehead atoms. The monoisotopic (exact) mass is 355 g/mol. The van der Waals surface area contributed by atoms with Crippen LogP contribution >= 0.6 is 0 Å². The number of hydrogen-bond acceptors (Lipinski definition) is 6. The van der Waals surface area contributed by atoms with Gasteiger partial charge in [-0.2, -0.15) is 0 Å². The fourth-order valence-electron chi connectivity index (χ4n) is 2.40. The van der Waals surface area contributed by atoms with Crippen LogP contribution in [0.15, 0.2) is 42.5 Å². The Morgan fingerprint density at radius 3 is 2.69 bits per heavy atom. The van der Waals surface area contributed by atoms with Crippen molar-refractivity contribution < 1.29 is 28.5 Å². The third kappa shape index (κ3) is 3.94. The normalized spacial score (nSPS) is 12.8. The highest BCUT2D eigenvalue weighted by Gasteiger charge is 2.16. The van der Waals surface area contributed by atoms with Crippen molar-refractivity contribution in [1.82, 2.24) is 0 Å². The van der Waals surface area contributed by atoms with Crippen molar-refractivity contribution in [3.63, 3.8) is 0 Å². The molecule has 1 aliphatic heterocycles. The van der Waals surface area contributed by atoms with Crippen molar-refractivity contribution in [3.05, 3.63) is 48.0 Å². The predicted molar refractivity (Wildman–Crippen MR) is 94.8 cm³/mol. The molecule has 1 heterocycles. The standard InChI is InChI=1S/C19H17NO6/c1-23-13-4-6-16(24-2)12(9-13)3-8-19(22)26-14-5-7-17-15(10-14)20-18(21)11-25-17/h3-10H,11H2,1-2H3,(H,20,21)/b8-3+. The summed E-state index contributed by atoms with van der Waals surface area (Å²) in [5, 5.41) is 2.66. The van der Waals surface area contributed by atoms with Crippen LogP contribution in [-0.2, 0) is 9.59 Å². The number of anilines is 1. The van der Waals surface area contributed by atoms with E-state index < -0.39 is 5.97 Å². The van der Waals surface area contributed by atoms with Crippen LogP contribution in [0.4, 0.5) is 5.69 Å². The average molecular weight is 355 g/mol. The summed E-state index contributed by atoms with van der Waals surface area (Å²) < 4.78 is 20.9. The molecule has 0 unspecified atom stereocenters. The molecule has 7 heteroatoms. The van der Waals surface area contributed by atoms with Gasteiger partial charge in [0.25, 0.3) is 5.91 Å². The SMILES string of the molecule is COc1ccc(OC)c(/C=C/C(=O)Oc2ccc3c(c2)NC(=O)CO3)c1. The number of benzene rings is 2. The van der Waals surface area contributed by atoms with Crippen LogP contribution in [-0.4, -0.2) is 32.7 Å². The Labute approximate surface area is 150 Å². The van der Waals surface area contributed by atoms with E-state index in [-0.39, 0.29) is 12.5 Å². The van der Waals surface area contributed by atoms with E-state index in [4.69, 9.17) is 18.9 Å². The number of ether oxygens (including phenoxy) is 4. The third-order valence-corrected chi connectivity index (χ3v) is 3.64. The van der Waals surface area contributed by atoms with Crippen LogP contribution in [0.3, 0.4) is 0 Å². The third-order valence-electron chi connectivity index (χ3n) is 3.64. The first kappa shape index (κ1) is 17.3. The topological polar surface area (TPSA) is 83.1 Å². The molecule has 1 N–H and O–H groups in total. The molecule has 2 aromatic carbocycles. The maximum absolute atomic E-state index is 12.1. The molecule has 134 valence electrons. The Bertz CT molecular complexity index is 874. The molecule has 0 aliphatic carbocycles. The molecule has 2 aromatic rings. The number of nitrogens with one attached hydrogen (secondary N) is 1. The van der Waals surface area contributed by atoms with E-state index in [0.717, 1.165) is 0 Å². The fraction of sp³-hybridized carbons (Fsp3) is 0.158. The molecule has 0 radical (unpaired) electrons. The number of esters is 1. The van der Waals surface area contributed by atoms with E-state index in [1.807, 2.05) is 0 Å². The second-order valence-corrected chi connectivity index (χ2v) is 5.36. The summed E-state index contributed by atoms with van der Waals surface area (Å²) >= 11 is 0. The van der Waals surface area contributed by atoms with Crippen LogP contribution in [0.1, 0.15) is 5.56 Å². The second-order valence-electron chi connectivity index (χ2n) is 5.36. The maximum Gasteiger partial charge on any atom is 0.336 e. The summed E-state index contributed by atoms with van der Waals surface area (Å²) in [5.41, 5.74) is 1.14. The predicted octanol–water partition coefficient (Wildman–Crippen LogP) is 2.65. The van der Waals surface area contributed by atoms with Gasteiger partial charge in [0.05, 0.1) is 19.9 Å². The average Bonchev–Trinajstić information content (AvgIpc) is 2.65. The van der Waals surface area contributed by atoms with Crippen LogP contribution < -0.4 is 24.3 Å². The van der Waals surface area contributed by atoms with Gasteiger partial charge in [0.15, 0.2) is 6.61 Å². The zero-order valence-corrected chi connectivity index (χ0v) is 14.3. The smallest absolute Gasteiger partial charge is 0.336 e. The summed E-state index contributed by atoms with van der Waals surface area (Å²) in [5.74, 6) is 1.24. The van der Waals surface area contributed by atoms with Gasteiger partial charge >= 0.3 is 5.97 Å². The largest absolute Gasteiger partial charge is 0.497 e. The second kappa shape index (κ2) is 7.60. The van der Waals surface area contributed by atoms with Crippen molar-refractivity contribution in [2.24, 2.45) is 0 Å². The molecule has 3 rings (SSSR count). The molecule has 0 spiro atoms. The number of carbonyl (C=O) groups is 2. The van der Waals surface area contributed by atoms with Crippen molar-refractivity contribution in [1.29, 1.82) is 0 Å². The molecule has 0 fully saturated rings. The Kier molecular flexibility index (Phi) is 5.07. The Balaban J connectivity index is 1.72. The van der Waals surface area contributed by atoms with Gasteiger partial charge in [-0.15, -0.1) is 0 Å². The number of methoxy groups -OCH3 is 2. The molecule has 0 atom stereocenters. The first-order valence-electron chi connectivity index (χ1n) is 7.77. The van der Waals surface area contributed by atoms with Gasteiger partial charge in [0, 0.05) is 17.7 Å². The highest BCUT2D eigenvalue weighted by Crippen LogP contribution is 2.31. The lowest BCUT2D eigenvalue weighted by molar-refractivity contribution is -0.128. The van der Waals surface area contributed by atoms with Gasteiger partial charge < -0.3 is 24.3 Å². The van der Waals surface area contributed by atoms with E-state index in [1.165, 1.54) is 12.1 Å². The van der Waals surface area contributed by atoms with Gasteiger partial charge in [-0.05, 0) is 36.4 Å². The van der Waals surface area contributed by atoms with E-state index in [1.54, 1.807) is 50.6 Å². The first-order chi connectivity index (χ1) is 12.6. The van der Waals surface area contributed by atoms with Gasteiger partial charge in [-0.3, -0.25) is 4.79 Å². The van der Waals surface area contributed by atoms with Gasteiger partial charge in [0.2, 0.25) is 0 Å². The Hall–Kier alpha value is -3.48. The number of hydrogen-bond donors (Lipinski definition) is 1. The van der Waals surface area contributed by atoms with E-state index in [2.05, 4.69) is 5.32 Å². The molecule has 1 amide bonds. The lowest BCUT2D eigenvalue weighted by Gasteiger charge is -2.18. The van der Waals surface area contributed by atoms with E-state index >= 15 is 0 Å². The summed E-state index contributed by atoms with van der Waals surface area (Å²) in [6.45, 7) is -0.0305. The van der Waals surface area contributed by atoms with Gasteiger partial charge in [-0.25, -0.2) is 4.79 Å². The number of fused-ring (bicyclic) bond motifs is 1. The molecular weight excluding hydrogens is 338 g/mol. The lowest BCUT2D eigenvalue weighted by atomic mass is 10.1. The summed E-state index contributed by atoms with van der Waals surface area (Å²) in [7, 11) is 3.10. The number of carbonyl (C=O) groups excluding carboxylic acids is 2. The quantitative estimate of drug-likeness (QED) is 0.504. The molecular formula is C19H17NO6. The van der Waals surface area contributed by atoms with Crippen LogP contribution in [0.25, 0.3) is 6.08 Å². The van der Waals surface area contributed by atoms with Crippen LogP contribution in [0.5, 0.6) is 23.0 Å². The minimum absolute atomic E-state index is 0.0305. The highest BCUT2D eigenvalue weighted by molar-refractivity contribution is 5.96. The molecule has 0 aromatic heterocycles. The molecule has 0 saturated heterocycles. The first-order valence-corrected chi connectivity index (χ1v) is 7.77. The number of amides is 1. The van der Waals surface area contributed by atoms with Gasteiger partial charge in [0.1, 0.15) is 23.0 Å². The minimum atomic E-state index is -0.571. The van der Waals surface area contributed by atoms with Crippen LogP contribution in [0.2, 0.25) is 0 Å². The van der Waals surface area contributed by atoms with Gasteiger partial charge in [-0.1, -0.05) is 0 Å². The van der Waals surface area contributed by atoms with Crippen molar-refractivity contribution >= 4 is 23.6 Å². The zero-order valence-electron chi connectivity index (χ0n) is 14.3. The molecule has 0 saturated carbocycles. The van der Waals surface area contributed by atoms with Crippen molar-refractivity contribution in [3.8, 4) is 23.0 Å². The molecule has 7 nitrogen and oxygen atoms in total. The summed E-state index contributed by atoms with van der Waals surface area (Å²) in [6.07, 6.45) is 2.86. The van der Waals surface area contributed by atoms with Crippen LogP contribution in [0, 0.1) is 0 Å². The summed E-state index contributed by atoms with van der Waals surface area (Å²) in [4.78, 5) is 23.4. The molecule has 26 heavy (non-hydrogen) atoms. The highest BCUT2D eigenvalue weighted by atomic mass is 16.5. The zero-order chi connectivity index (χ0) is 18.5. The van der Waals surface area contributed by atoms with E-state index in [9.17, 15) is 9.59 Å².